The van der Waals surface area contributed by atoms with E-state index in [1.54, 1.807) is 18.4 Å². The summed E-state index contributed by atoms with van der Waals surface area (Å²) >= 11 is 1.64. The number of ether oxygens (including phenoxy) is 2. The van der Waals surface area contributed by atoms with Crippen LogP contribution < -0.4 is 4.74 Å². The topological polar surface area (TPSA) is 54.9 Å². The van der Waals surface area contributed by atoms with E-state index in [0.717, 1.165) is 69.9 Å². The molecule has 30 heavy (non-hydrogen) atoms. The van der Waals surface area contributed by atoms with Crippen LogP contribution >= 0.6 is 11.3 Å². The minimum Gasteiger partial charge on any atom is -0.492 e. The highest BCUT2D eigenvalue weighted by Gasteiger charge is 2.31. The molecule has 0 N–H and O–H groups in total. The Morgan fingerprint density at radius 2 is 2.17 bits per heavy atom. The largest absolute Gasteiger partial charge is 0.492 e. The van der Waals surface area contributed by atoms with E-state index in [1.807, 2.05) is 34.7 Å². The first kappa shape index (κ1) is 21.3. The average molecular weight is 430 g/mol. The molecule has 4 bridgehead atoms. The van der Waals surface area contributed by atoms with Crippen molar-refractivity contribution in [2.45, 2.75) is 38.3 Å². The Morgan fingerprint density at radius 3 is 3.00 bits per heavy atom. The molecule has 4 rings (SSSR count). The van der Waals surface area contributed by atoms with Crippen molar-refractivity contribution in [2.24, 2.45) is 5.92 Å². The van der Waals surface area contributed by atoms with Crippen molar-refractivity contribution in [3.8, 4) is 5.75 Å². The molecule has 2 atom stereocenters. The minimum atomic E-state index is 0.0973. The smallest absolute Gasteiger partial charge is 0.254 e. The monoisotopic (exact) mass is 429 g/mol. The zero-order valence-electron chi connectivity index (χ0n) is 17.7. The van der Waals surface area contributed by atoms with Gasteiger partial charge in [-0.15, -0.1) is 11.3 Å². The van der Waals surface area contributed by atoms with Crippen molar-refractivity contribution in [1.29, 1.82) is 0 Å². The number of fused-ring (bicyclic) bond motifs is 4. The van der Waals surface area contributed by atoms with Crippen molar-refractivity contribution >= 4 is 17.2 Å². The summed E-state index contributed by atoms with van der Waals surface area (Å²) in [5.74, 6) is 1.25. The van der Waals surface area contributed by atoms with Gasteiger partial charge in [-0.05, 0) is 44.0 Å². The van der Waals surface area contributed by atoms with E-state index in [1.165, 1.54) is 0 Å². The second-order valence-electron chi connectivity index (χ2n) is 8.20. The number of carbonyl (C=O) groups excluding carboxylic acids is 1. The van der Waals surface area contributed by atoms with Gasteiger partial charge in [0.25, 0.3) is 5.91 Å². The first-order valence-electron chi connectivity index (χ1n) is 10.9. The molecule has 6 nitrogen and oxygen atoms in total. The van der Waals surface area contributed by atoms with Gasteiger partial charge in [-0.25, -0.2) is 4.98 Å². The average Bonchev–Trinajstić information content (AvgIpc) is 3.28. The molecule has 2 aromatic rings. The van der Waals surface area contributed by atoms with Crippen LogP contribution in [-0.2, 0) is 11.3 Å². The Kier molecular flexibility index (Phi) is 7.36. The van der Waals surface area contributed by atoms with Gasteiger partial charge in [0.2, 0.25) is 0 Å². The highest BCUT2D eigenvalue weighted by Crippen LogP contribution is 2.27. The quantitative estimate of drug-likeness (QED) is 0.745. The van der Waals surface area contributed by atoms with Gasteiger partial charge in [-0.2, -0.15) is 0 Å². The summed E-state index contributed by atoms with van der Waals surface area (Å²) in [4.78, 5) is 22.0. The molecule has 0 saturated carbocycles. The standard InChI is InChI=1S/C23H31N3O3S/c1-28-22-8-10-26-14-19(22)5-2-3-9-25(15-20-16-30-17-24-20)11-12-29-21-7-4-6-18(13-21)23(26)27/h4,6-7,13,16-17,19,22H,2-3,5,8-12,14-15H2,1H3/t19-,22+/m0/s1. The zero-order valence-corrected chi connectivity index (χ0v) is 18.5. The van der Waals surface area contributed by atoms with Crippen LogP contribution in [0.3, 0.4) is 0 Å². The zero-order chi connectivity index (χ0) is 20.8. The Bertz CT molecular complexity index is 814. The third kappa shape index (κ3) is 5.39. The van der Waals surface area contributed by atoms with Crippen LogP contribution in [0.2, 0.25) is 0 Å². The van der Waals surface area contributed by atoms with Crippen molar-refractivity contribution in [2.75, 3.05) is 39.9 Å². The number of amides is 1. The number of nitrogens with zero attached hydrogens (tertiary/aromatic N) is 3. The summed E-state index contributed by atoms with van der Waals surface area (Å²) in [6, 6.07) is 7.61. The second-order valence-corrected chi connectivity index (χ2v) is 8.92. The summed E-state index contributed by atoms with van der Waals surface area (Å²) in [6.07, 6.45) is 4.49. The molecule has 1 fully saturated rings. The number of methoxy groups -OCH3 is 1. The maximum atomic E-state index is 13.1. The van der Waals surface area contributed by atoms with Gasteiger partial charge in [0, 0.05) is 50.2 Å². The third-order valence-electron chi connectivity index (χ3n) is 6.18. The fraction of sp³-hybridized carbons (Fsp3) is 0.565. The molecule has 0 aliphatic carbocycles. The van der Waals surface area contributed by atoms with Crippen LogP contribution in [0.4, 0.5) is 0 Å². The molecule has 3 heterocycles. The van der Waals surface area contributed by atoms with Gasteiger partial charge in [0.15, 0.2) is 0 Å². The molecule has 2 aliphatic heterocycles. The number of carbonyl (C=O) groups is 1. The number of hydrogen-bond donors (Lipinski definition) is 0. The molecule has 0 radical (unpaired) electrons. The van der Waals surface area contributed by atoms with Crippen LogP contribution in [0.1, 0.15) is 41.7 Å². The van der Waals surface area contributed by atoms with Crippen molar-refractivity contribution in [3.05, 3.63) is 46.4 Å². The molecule has 2 aliphatic rings. The molecule has 7 heteroatoms. The lowest BCUT2D eigenvalue weighted by Crippen LogP contribution is -2.46. The molecule has 1 amide bonds. The summed E-state index contributed by atoms with van der Waals surface area (Å²) in [5.41, 5.74) is 3.71. The molecule has 1 aromatic carbocycles. The van der Waals surface area contributed by atoms with Gasteiger partial charge in [-0.3, -0.25) is 9.69 Å². The first-order valence-corrected chi connectivity index (χ1v) is 11.8. The molecular weight excluding hydrogens is 398 g/mol. The van der Waals surface area contributed by atoms with E-state index in [2.05, 4.69) is 15.3 Å². The highest BCUT2D eigenvalue weighted by molar-refractivity contribution is 7.07. The molecule has 0 unspecified atom stereocenters. The molecular formula is C23H31N3O3S. The third-order valence-corrected chi connectivity index (χ3v) is 6.82. The fourth-order valence-electron chi connectivity index (χ4n) is 4.53. The van der Waals surface area contributed by atoms with Gasteiger partial charge < -0.3 is 14.4 Å². The maximum Gasteiger partial charge on any atom is 0.254 e. The van der Waals surface area contributed by atoms with Crippen molar-refractivity contribution in [1.82, 2.24) is 14.8 Å². The Morgan fingerprint density at radius 1 is 1.23 bits per heavy atom. The molecule has 0 spiro atoms. The van der Waals surface area contributed by atoms with E-state index in [9.17, 15) is 4.79 Å². The molecule has 1 aromatic heterocycles. The Balaban J connectivity index is 1.50. The SMILES string of the molecule is CO[C@@H]1CCN2C[C@@H]1CCCCN(Cc1cscn1)CCOc1cccc(c1)C2=O. The number of thiazole rings is 1. The van der Waals surface area contributed by atoms with Crippen LogP contribution in [-0.4, -0.2) is 66.7 Å². The van der Waals surface area contributed by atoms with Crippen molar-refractivity contribution in [3.63, 3.8) is 0 Å². The van der Waals surface area contributed by atoms with Crippen LogP contribution in [0.5, 0.6) is 5.75 Å². The molecule has 1 saturated heterocycles. The first-order chi connectivity index (χ1) is 14.7. The normalized spacial score (nSPS) is 24.0. The predicted molar refractivity (Wildman–Crippen MR) is 118 cm³/mol. The lowest BCUT2D eigenvalue weighted by molar-refractivity contribution is -0.00676. The molecule has 162 valence electrons. The lowest BCUT2D eigenvalue weighted by atomic mass is 9.89. The lowest BCUT2D eigenvalue weighted by Gasteiger charge is -2.38. The number of aromatic nitrogens is 1. The van der Waals surface area contributed by atoms with E-state index < -0.39 is 0 Å². The van der Waals surface area contributed by atoms with Gasteiger partial charge in [-0.1, -0.05) is 12.5 Å². The van der Waals surface area contributed by atoms with Crippen LogP contribution in [0.25, 0.3) is 0 Å². The van der Waals surface area contributed by atoms with Crippen LogP contribution in [0.15, 0.2) is 35.2 Å². The number of benzene rings is 1. The van der Waals surface area contributed by atoms with E-state index in [4.69, 9.17) is 9.47 Å². The number of rotatable bonds is 3. The summed E-state index contributed by atoms with van der Waals surface area (Å²) in [7, 11) is 1.80. The van der Waals surface area contributed by atoms with Gasteiger partial charge in [0.1, 0.15) is 12.4 Å². The van der Waals surface area contributed by atoms with E-state index in [0.29, 0.717) is 18.1 Å². The van der Waals surface area contributed by atoms with Crippen LogP contribution in [0, 0.1) is 5.92 Å². The summed E-state index contributed by atoms with van der Waals surface area (Å²) in [6.45, 7) is 4.83. The fourth-order valence-corrected chi connectivity index (χ4v) is 5.08. The second kappa shape index (κ2) is 10.4. The Labute approximate surface area is 182 Å². The summed E-state index contributed by atoms with van der Waals surface area (Å²) < 4.78 is 11.8. The predicted octanol–water partition coefficient (Wildman–Crippen LogP) is 3.69. The summed E-state index contributed by atoms with van der Waals surface area (Å²) in [5, 5.41) is 2.12. The van der Waals surface area contributed by atoms with Gasteiger partial charge >= 0.3 is 0 Å². The number of hydrogen-bond acceptors (Lipinski definition) is 6. The van der Waals surface area contributed by atoms with E-state index >= 15 is 0 Å². The van der Waals surface area contributed by atoms with E-state index in [-0.39, 0.29) is 12.0 Å². The number of piperidine rings is 1. The highest BCUT2D eigenvalue weighted by atomic mass is 32.1. The van der Waals surface area contributed by atoms with Crippen molar-refractivity contribution < 1.29 is 14.3 Å². The minimum absolute atomic E-state index is 0.0973. The maximum absolute atomic E-state index is 13.1. The Hall–Kier alpha value is -1.96. The van der Waals surface area contributed by atoms with Gasteiger partial charge in [0.05, 0.1) is 17.3 Å².